The van der Waals surface area contributed by atoms with Crippen LogP contribution in [0.15, 0.2) is 0 Å². The van der Waals surface area contributed by atoms with Gasteiger partial charge in [-0.3, -0.25) is 18.9 Å². The lowest BCUT2D eigenvalue weighted by molar-refractivity contribution is -0.140. The van der Waals surface area contributed by atoms with Crippen LogP contribution in [0.25, 0.3) is 0 Å². The van der Waals surface area contributed by atoms with Gasteiger partial charge in [-0.1, -0.05) is 0 Å². The standard InChI is InChI=1S/C17H23N5O7S/c1-20-15-10-3-2-9(6-10)14(15)12(18-20)8-28-19-16(23)13-5-4-11-7-21(13)17(24)22(11)29-30(25,26)27/h9-11,13H,2-8H2,1H3,(H,19,23)(H,25,26,27). The molecular weight excluding hydrogens is 418 g/mol. The zero-order chi connectivity index (χ0) is 21.2. The van der Waals surface area contributed by atoms with Crippen molar-refractivity contribution in [3.63, 3.8) is 0 Å². The highest BCUT2D eigenvalue weighted by atomic mass is 32.3. The molecule has 4 bridgehead atoms. The van der Waals surface area contributed by atoms with E-state index in [0.29, 0.717) is 29.7 Å². The van der Waals surface area contributed by atoms with Gasteiger partial charge < -0.3 is 4.90 Å². The van der Waals surface area contributed by atoms with E-state index in [0.717, 1.165) is 18.5 Å². The fourth-order valence-electron chi connectivity index (χ4n) is 5.49. The molecule has 3 fully saturated rings. The summed E-state index contributed by atoms with van der Waals surface area (Å²) in [6, 6.07) is -2.14. The first-order valence-electron chi connectivity index (χ1n) is 9.97. The third-order valence-electron chi connectivity index (χ3n) is 6.62. The van der Waals surface area contributed by atoms with Gasteiger partial charge in [0.2, 0.25) is 0 Å². The van der Waals surface area contributed by atoms with Crippen LogP contribution < -0.4 is 5.48 Å². The van der Waals surface area contributed by atoms with E-state index in [1.807, 2.05) is 11.7 Å². The quantitative estimate of drug-likeness (QED) is 0.475. The zero-order valence-corrected chi connectivity index (χ0v) is 17.2. The van der Waals surface area contributed by atoms with E-state index in [9.17, 15) is 18.0 Å². The van der Waals surface area contributed by atoms with Crippen LogP contribution in [-0.4, -0.2) is 63.3 Å². The van der Waals surface area contributed by atoms with E-state index in [1.165, 1.54) is 22.6 Å². The molecule has 1 saturated carbocycles. The fraction of sp³-hybridized carbons (Fsp3) is 0.706. The molecule has 0 radical (unpaired) electrons. The maximum atomic E-state index is 12.6. The maximum Gasteiger partial charge on any atom is 0.418 e. The smallest absolute Gasteiger partial charge is 0.309 e. The molecule has 4 atom stereocenters. The summed E-state index contributed by atoms with van der Waals surface area (Å²) < 4.78 is 37.0. The summed E-state index contributed by atoms with van der Waals surface area (Å²) in [6.45, 7) is 0.267. The molecule has 12 nitrogen and oxygen atoms in total. The Hall–Kier alpha value is -2.22. The number of urea groups is 1. The third-order valence-corrected chi connectivity index (χ3v) is 6.96. The van der Waals surface area contributed by atoms with Crippen LogP contribution in [-0.2, 0) is 38.0 Å². The lowest BCUT2D eigenvalue weighted by atomic mass is 9.96. The van der Waals surface area contributed by atoms with Crippen LogP contribution in [0.5, 0.6) is 0 Å². The van der Waals surface area contributed by atoms with Gasteiger partial charge >= 0.3 is 16.4 Å². The minimum atomic E-state index is -4.82. The first-order valence-corrected chi connectivity index (χ1v) is 11.3. The minimum absolute atomic E-state index is 0.128. The van der Waals surface area contributed by atoms with E-state index >= 15 is 0 Å². The van der Waals surface area contributed by atoms with Crippen molar-refractivity contribution in [2.45, 2.75) is 62.6 Å². The second kappa shape index (κ2) is 6.90. The summed E-state index contributed by atoms with van der Waals surface area (Å²) in [5, 5.41) is 5.16. The van der Waals surface area contributed by atoms with Crippen molar-refractivity contribution >= 4 is 22.3 Å². The number of hydroxylamine groups is 3. The predicted molar refractivity (Wildman–Crippen MR) is 98.9 cm³/mol. The average molecular weight is 441 g/mol. The van der Waals surface area contributed by atoms with Crippen LogP contribution in [0.1, 0.15) is 60.9 Å². The normalized spacial score (nSPS) is 29.6. The monoisotopic (exact) mass is 441 g/mol. The lowest BCUT2D eigenvalue weighted by Crippen LogP contribution is -2.49. The van der Waals surface area contributed by atoms with Crippen LogP contribution in [0.4, 0.5) is 4.79 Å². The van der Waals surface area contributed by atoms with Gasteiger partial charge in [-0.2, -0.15) is 18.6 Å². The molecule has 1 aromatic heterocycles. The summed E-state index contributed by atoms with van der Waals surface area (Å²) in [7, 11) is -2.89. The van der Waals surface area contributed by atoms with Gasteiger partial charge in [0.25, 0.3) is 5.91 Å². The Morgan fingerprint density at radius 2 is 2.03 bits per heavy atom. The number of nitrogens with one attached hydrogen (secondary N) is 1. The van der Waals surface area contributed by atoms with Crippen LogP contribution in [0.3, 0.4) is 0 Å². The minimum Gasteiger partial charge on any atom is -0.309 e. The Labute approximate surface area is 172 Å². The van der Waals surface area contributed by atoms with E-state index in [-0.39, 0.29) is 13.2 Å². The Bertz CT molecular complexity index is 1010. The van der Waals surface area contributed by atoms with E-state index in [4.69, 9.17) is 9.39 Å². The second-order valence-corrected chi connectivity index (χ2v) is 9.35. The predicted octanol–water partition coefficient (Wildman–Crippen LogP) is 0.336. The average Bonchev–Trinajstić information content (AvgIpc) is 3.42. The van der Waals surface area contributed by atoms with Gasteiger partial charge in [0.15, 0.2) is 0 Å². The van der Waals surface area contributed by atoms with Gasteiger partial charge in [0.1, 0.15) is 12.6 Å². The number of carbonyl (C=O) groups excluding carboxylic acids is 2. The largest absolute Gasteiger partial charge is 0.418 e. The molecule has 0 spiro atoms. The van der Waals surface area contributed by atoms with Crippen molar-refractivity contribution in [3.05, 3.63) is 17.0 Å². The number of hydrogen-bond acceptors (Lipinski definition) is 7. The Morgan fingerprint density at radius 1 is 1.27 bits per heavy atom. The summed E-state index contributed by atoms with van der Waals surface area (Å²) in [6.07, 6.45) is 4.18. The topological polar surface area (TPSA) is 143 Å². The van der Waals surface area contributed by atoms with Crippen LogP contribution >= 0.6 is 0 Å². The lowest BCUT2D eigenvalue weighted by Gasteiger charge is -2.28. The summed E-state index contributed by atoms with van der Waals surface area (Å²) in [4.78, 5) is 31.6. The molecule has 2 saturated heterocycles. The van der Waals surface area contributed by atoms with E-state index in [2.05, 4.69) is 14.9 Å². The first kappa shape index (κ1) is 19.7. The van der Waals surface area contributed by atoms with Crippen molar-refractivity contribution in [3.8, 4) is 0 Å². The molecule has 4 aliphatic rings. The molecule has 2 N–H and O–H groups in total. The second-order valence-electron chi connectivity index (χ2n) is 8.34. The number of piperidine rings is 1. The molecular formula is C17H23N5O7S. The van der Waals surface area contributed by atoms with Crippen molar-refractivity contribution in [2.24, 2.45) is 7.05 Å². The highest BCUT2D eigenvalue weighted by molar-refractivity contribution is 7.80. The number of fused-ring (bicyclic) bond motifs is 7. The zero-order valence-electron chi connectivity index (χ0n) is 16.4. The van der Waals surface area contributed by atoms with Crippen LogP contribution in [0, 0.1) is 0 Å². The maximum absolute atomic E-state index is 12.6. The van der Waals surface area contributed by atoms with Gasteiger partial charge in [-0.25, -0.2) is 10.3 Å². The van der Waals surface area contributed by atoms with Gasteiger partial charge in [-0.15, -0.1) is 4.28 Å². The highest BCUT2D eigenvalue weighted by Crippen LogP contribution is 2.53. The van der Waals surface area contributed by atoms with Gasteiger partial charge in [0.05, 0.1) is 11.7 Å². The van der Waals surface area contributed by atoms with E-state index in [1.54, 1.807) is 0 Å². The molecule has 0 aromatic carbocycles. The number of amides is 3. The summed E-state index contributed by atoms with van der Waals surface area (Å²) >= 11 is 0. The van der Waals surface area contributed by atoms with Gasteiger partial charge in [-0.05, 0) is 38.0 Å². The summed E-state index contributed by atoms with van der Waals surface area (Å²) in [5.74, 6) is 0.582. The molecule has 2 aliphatic heterocycles. The number of aromatic nitrogens is 2. The fourth-order valence-corrected chi connectivity index (χ4v) is 5.87. The molecule has 1 aromatic rings. The third kappa shape index (κ3) is 3.16. The molecule has 2 aliphatic carbocycles. The van der Waals surface area contributed by atoms with Crippen molar-refractivity contribution in [2.75, 3.05) is 6.54 Å². The van der Waals surface area contributed by atoms with E-state index < -0.39 is 34.4 Å². The highest BCUT2D eigenvalue weighted by Gasteiger charge is 2.49. The molecule has 5 rings (SSSR count). The van der Waals surface area contributed by atoms with Crippen LogP contribution in [0.2, 0.25) is 0 Å². The SMILES string of the molecule is Cn1nc(CONC(=O)C2CCC3CN2C(=O)N3OS(=O)(=O)O)c2c1C1CCC2C1. The number of rotatable bonds is 6. The molecule has 4 unspecified atom stereocenters. The molecule has 164 valence electrons. The number of carbonyl (C=O) groups is 2. The van der Waals surface area contributed by atoms with Crippen molar-refractivity contribution < 1.29 is 31.7 Å². The molecule has 3 heterocycles. The summed E-state index contributed by atoms with van der Waals surface area (Å²) in [5.41, 5.74) is 5.75. The van der Waals surface area contributed by atoms with Crippen molar-refractivity contribution in [1.82, 2.24) is 25.2 Å². The Kier molecular flexibility index (Phi) is 4.54. The molecule has 3 amide bonds. The number of aryl methyl sites for hydroxylation is 1. The number of nitrogens with zero attached hydrogens (tertiary/aromatic N) is 4. The molecule has 30 heavy (non-hydrogen) atoms. The Morgan fingerprint density at radius 3 is 2.80 bits per heavy atom. The van der Waals surface area contributed by atoms with Crippen molar-refractivity contribution in [1.29, 1.82) is 0 Å². The first-order chi connectivity index (χ1) is 14.2. The Balaban J connectivity index is 1.20. The number of hydrogen-bond donors (Lipinski definition) is 2. The molecule has 13 heteroatoms. The van der Waals surface area contributed by atoms with Gasteiger partial charge in [0, 0.05) is 30.8 Å².